The van der Waals surface area contributed by atoms with E-state index in [-0.39, 0.29) is 0 Å². The van der Waals surface area contributed by atoms with E-state index in [9.17, 15) is 0 Å². The predicted octanol–water partition coefficient (Wildman–Crippen LogP) is 16.5. The SMILES string of the molecule is c1ccc(-c2ccc(N(c3ccccc3)c3cccc4c3-c3ccccc3C43c4ccccc4-c4ccc(N(c5ccccc5)c5ccc6oc7ccccc7c6c5)cc43)cc2)cc1. The first kappa shape index (κ1) is 36.3. The van der Waals surface area contributed by atoms with Crippen LogP contribution in [0.1, 0.15) is 22.3 Å². The third-order valence-electron chi connectivity index (χ3n) is 13.5. The molecule has 10 aromatic carbocycles. The summed E-state index contributed by atoms with van der Waals surface area (Å²) in [6.07, 6.45) is 0. The number of rotatable bonds is 7. The van der Waals surface area contributed by atoms with E-state index >= 15 is 0 Å². The molecule has 0 bridgehead atoms. The van der Waals surface area contributed by atoms with Crippen LogP contribution in [0.3, 0.4) is 0 Å². The highest BCUT2D eigenvalue weighted by atomic mass is 16.3. The molecule has 1 spiro atoms. The lowest BCUT2D eigenvalue weighted by Gasteiger charge is -2.33. The normalized spacial score (nSPS) is 14.3. The standard InChI is InChI=1S/C61H40N2O/c1-4-17-41(18-5-1)42-31-33-45(34-32-42)63(44-21-8-3-9-22-44)57-29-16-28-55-60(57)51-25-11-14-27-54(51)61(55)53-26-13-10-23-48(53)49-37-35-47(40-56(49)61)62(43-19-6-2-7-20-43)46-36-38-59-52(39-46)50-24-12-15-30-58(50)64-59/h1-40H. The van der Waals surface area contributed by atoms with Gasteiger partial charge in [-0.25, -0.2) is 0 Å². The van der Waals surface area contributed by atoms with E-state index < -0.39 is 5.41 Å². The molecule has 2 aliphatic carbocycles. The Morgan fingerprint density at radius 1 is 0.297 bits per heavy atom. The first-order valence-electron chi connectivity index (χ1n) is 22.0. The van der Waals surface area contributed by atoms with Crippen molar-refractivity contribution in [1.82, 2.24) is 0 Å². The quantitative estimate of drug-likeness (QED) is 0.160. The Bertz CT molecular complexity index is 3560. The second kappa shape index (κ2) is 14.3. The molecule has 1 atom stereocenters. The van der Waals surface area contributed by atoms with Gasteiger partial charge in [-0.3, -0.25) is 0 Å². The van der Waals surface area contributed by atoms with Gasteiger partial charge in [-0.15, -0.1) is 0 Å². The number of benzene rings is 10. The molecule has 1 heterocycles. The van der Waals surface area contributed by atoms with Crippen LogP contribution in [0.4, 0.5) is 34.1 Å². The fourth-order valence-corrected chi connectivity index (χ4v) is 10.8. The second-order valence-corrected chi connectivity index (χ2v) is 16.8. The molecule has 0 saturated carbocycles. The van der Waals surface area contributed by atoms with Gasteiger partial charge in [-0.1, -0.05) is 164 Å². The van der Waals surface area contributed by atoms with E-state index in [2.05, 4.69) is 240 Å². The van der Waals surface area contributed by atoms with Crippen molar-refractivity contribution in [3.63, 3.8) is 0 Å². The van der Waals surface area contributed by atoms with E-state index in [1.807, 2.05) is 12.1 Å². The first-order valence-corrected chi connectivity index (χ1v) is 22.0. The third kappa shape index (κ3) is 5.34. The van der Waals surface area contributed by atoms with Gasteiger partial charge in [0.25, 0.3) is 0 Å². The minimum Gasteiger partial charge on any atom is -0.456 e. The monoisotopic (exact) mass is 816 g/mol. The number of para-hydroxylation sites is 3. The molecule has 300 valence electrons. The van der Waals surface area contributed by atoms with Crippen LogP contribution >= 0.6 is 0 Å². The molecular formula is C61H40N2O. The molecule has 0 aliphatic heterocycles. The smallest absolute Gasteiger partial charge is 0.135 e. The van der Waals surface area contributed by atoms with Crippen molar-refractivity contribution in [2.75, 3.05) is 9.80 Å². The lowest BCUT2D eigenvalue weighted by atomic mass is 9.70. The Morgan fingerprint density at radius 2 is 0.812 bits per heavy atom. The fraction of sp³-hybridized carbons (Fsp3) is 0.0164. The van der Waals surface area contributed by atoms with E-state index in [0.29, 0.717) is 0 Å². The van der Waals surface area contributed by atoms with Crippen LogP contribution in [0.2, 0.25) is 0 Å². The highest BCUT2D eigenvalue weighted by molar-refractivity contribution is 6.07. The molecule has 1 unspecified atom stereocenters. The van der Waals surface area contributed by atoms with Gasteiger partial charge in [-0.2, -0.15) is 0 Å². The van der Waals surface area contributed by atoms with Crippen molar-refractivity contribution in [2.24, 2.45) is 0 Å². The van der Waals surface area contributed by atoms with Crippen LogP contribution in [0, 0.1) is 0 Å². The molecule has 0 fully saturated rings. The lowest BCUT2D eigenvalue weighted by molar-refractivity contribution is 0.669. The molecule has 0 amide bonds. The summed E-state index contributed by atoms with van der Waals surface area (Å²) in [6, 6.07) is 88.3. The van der Waals surface area contributed by atoms with Gasteiger partial charge in [0.15, 0.2) is 0 Å². The average molecular weight is 817 g/mol. The van der Waals surface area contributed by atoms with Crippen LogP contribution in [-0.4, -0.2) is 0 Å². The Balaban J connectivity index is 1.04. The molecule has 0 saturated heterocycles. The van der Waals surface area contributed by atoms with Crippen molar-refractivity contribution >= 4 is 56.1 Å². The number of hydrogen-bond donors (Lipinski definition) is 0. The topological polar surface area (TPSA) is 19.6 Å². The number of furan rings is 1. The molecule has 2 aliphatic rings. The van der Waals surface area contributed by atoms with Gasteiger partial charge in [-0.05, 0) is 129 Å². The minimum atomic E-state index is -0.573. The minimum absolute atomic E-state index is 0.573. The maximum absolute atomic E-state index is 6.31. The van der Waals surface area contributed by atoms with E-state index in [4.69, 9.17) is 4.42 Å². The Labute approximate surface area is 372 Å². The summed E-state index contributed by atoms with van der Waals surface area (Å²) in [6.45, 7) is 0. The van der Waals surface area contributed by atoms with E-state index in [1.165, 1.54) is 55.6 Å². The lowest BCUT2D eigenvalue weighted by Crippen LogP contribution is -2.26. The van der Waals surface area contributed by atoms with Crippen molar-refractivity contribution in [2.45, 2.75) is 5.41 Å². The van der Waals surface area contributed by atoms with Crippen LogP contribution in [0.15, 0.2) is 247 Å². The second-order valence-electron chi connectivity index (χ2n) is 16.8. The van der Waals surface area contributed by atoms with E-state index in [1.54, 1.807) is 0 Å². The van der Waals surface area contributed by atoms with Gasteiger partial charge in [0.05, 0.1) is 11.1 Å². The van der Waals surface area contributed by atoms with Crippen LogP contribution in [0.5, 0.6) is 0 Å². The summed E-state index contributed by atoms with van der Waals surface area (Å²) in [4.78, 5) is 4.83. The van der Waals surface area contributed by atoms with Gasteiger partial charge < -0.3 is 14.2 Å². The van der Waals surface area contributed by atoms with E-state index in [0.717, 1.165) is 56.1 Å². The van der Waals surface area contributed by atoms with Gasteiger partial charge >= 0.3 is 0 Å². The highest BCUT2D eigenvalue weighted by Crippen LogP contribution is 2.65. The van der Waals surface area contributed by atoms with Crippen LogP contribution in [-0.2, 0) is 5.41 Å². The number of nitrogens with zero attached hydrogens (tertiary/aromatic N) is 2. The van der Waals surface area contributed by atoms with Gasteiger partial charge in [0.1, 0.15) is 11.2 Å². The summed E-state index contributed by atoms with van der Waals surface area (Å²) < 4.78 is 6.31. The molecule has 3 heteroatoms. The summed E-state index contributed by atoms with van der Waals surface area (Å²) in [5.41, 5.74) is 20.4. The molecule has 0 N–H and O–H groups in total. The number of fused-ring (bicyclic) bond motifs is 13. The Hall–Kier alpha value is -8.40. The highest BCUT2D eigenvalue weighted by Gasteiger charge is 2.52. The number of anilines is 6. The Morgan fingerprint density at radius 3 is 1.58 bits per heavy atom. The van der Waals surface area contributed by atoms with Crippen molar-refractivity contribution in [3.05, 3.63) is 265 Å². The first-order chi connectivity index (χ1) is 31.8. The molecule has 1 aromatic heterocycles. The zero-order chi connectivity index (χ0) is 42.2. The average Bonchev–Trinajstić information content (AvgIpc) is 3.99. The Kier molecular flexibility index (Phi) is 8.13. The number of hydrogen-bond acceptors (Lipinski definition) is 3. The molecular weight excluding hydrogens is 777 g/mol. The zero-order valence-corrected chi connectivity index (χ0v) is 34.9. The molecule has 64 heavy (non-hydrogen) atoms. The van der Waals surface area contributed by atoms with Crippen molar-refractivity contribution < 1.29 is 4.42 Å². The van der Waals surface area contributed by atoms with Gasteiger partial charge in [0.2, 0.25) is 0 Å². The fourth-order valence-electron chi connectivity index (χ4n) is 10.8. The summed E-state index contributed by atoms with van der Waals surface area (Å²) >= 11 is 0. The summed E-state index contributed by atoms with van der Waals surface area (Å²) in [5, 5.41) is 2.21. The van der Waals surface area contributed by atoms with Crippen molar-refractivity contribution in [3.8, 4) is 33.4 Å². The maximum atomic E-state index is 6.31. The molecule has 11 aromatic rings. The molecule has 0 radical (unpaired) electrons. The van der Waals surface area contributed by atoms with Crippen molar-refractivity contribution in [1.29, 1.82) is 0 Å². The predicted molar refractivity (Wildman–Crippen MR) is 265 cm³/mol. The largest absolute Gasteiger partial charge is 0.456 e. The maximum Gasteiger partial charge on any atom is 0.135 e. The summed E-state index contributed by atoms with van der Waals surface area (Å²) in [7, 11) is 0. The third-order valence-corrected chi connectivity index (χ3v) is 13.5. The molecule has 13 rings (SSSR count). The van der Waals surface area contributed by atoms with Gasteiger partial charge in [0, 0.05) is 44.8 Å². The summed E-state index contributed by atoms with van der Waals surface area (Å²) in [5.74, 6) is 0. The molecule has 3 nitrogen and oxygen atoms in total. The van der Waals surface area contributed by atoms with Crippen LogP contribution < -0.4 is 9.80 Å². The zero-order valence-electron chi connectivity index (χ0n) is 34.9. The van der Waals surface area contributed by atoms with Crippen LogP contribution in [0.25, 0.3) is 55.3 Å².